The van der Waals surface area contributed by atoms with E-state index in [1.807, 2.05) is 45.9 Å². The monoisotopic (exact) mass is 381 g/mol. The van der Waals surface area contributed by atoms with Gasteiger partial charge in [-0.3, -0.25) is 10.1 Å². The third-order valence-corrected chi connectivity index (χ3v) is 3.63. The first kappa shape index (κ1) is 22.8. The highest BCUT2D eigenvalue weighted by molar-refractivity contribution is 5.82. The van der Waals surface area contributed by atoms with Gasteiger partial charge in [0.05, 0.1) is 11.5 Å². The fourth-order valence-corrected chi connectivity index (χ4v) is 2.60. The molecule has 5 nitrogen and oxygen atoms in total. The Bertz CT molecular complexity index is 853. The van der Waals surface area contributed by atoms with Crippen molar-refractivity contribution in [3.05, 3.63) is 92.6 Å². The van der Waals surface area contributed by atoms with E-state index in [0.29, 0.717) is 6.61 Å². The van der Waals surface area contributed by atoms with Gasteiger partial charge in [0.1, 0.15) is 0 Å². The van der Waals surface area contributed by atoms with Gasteiger partial charge in [-0.1, -0.05) is 52.7 Å². The molecule has 0 saturated heterocycles. The number of hydrogen-bond acceptors (Lipinski definition) is 4. The Hall–Kier alpha value is -3.21. The van der Waals surface area contributed by atoms with Gasteiger partial charge in [-0.2, -0.15) is 0 Å². The van der Waals surface area contributed by atoms with E-state index in [4.69, 9.17) is 4.74 Å². The lowest BCUT2D eigenvalue weighted by Crippen LogP contribution is -1.98. The van der Waals surface area contributed by atoms with Crippen molar-refractivity contribution in [1.82, 2.24) is 0 Å². The first-order chi connectivity index (χ1) is 13.2. The van der Waals surface area contributed by atoms with Crippen LogP contribution in [0.5, 0.6) is 0 Å². The Morgan fingerprint density at radius 1 is 0.929 bits per heavy atom. The highest BCUT2D eigenvalue weighted by Crippen LogP contribution is 2.16. The summed E-state index contributed by atoms with van der Waals surface area (Å²) in [5, 5.41) is 10.7. The minimum absolute atomic E-state index is 0.0826. The topological polar surface area (TPSA) is 69.4 Å². The number of hydrogen-bond donors (Lipinski definition) is 0. The maximum Gasteiger partial charge on any atom is 0.330 e. The van der Waals surface area contributed by atoms with Crippen LogP contribution >= 0.6 is 0 Å². The second-order valence-electron chi connectivity index (χ2n) is 6.49. The van der Waals surface area contributed by atoms with E-state index >= 15 is 0 Å². The Kier molecular flexibility index (Phi) is 9.37. The number of carbonyl (C=O) groups excluding carboxylic acids is 1. The second kappa shape index (κ2) is 11.5. The number of nitro benzene ring substituents is 1. The predicted octanol–water partition coefficient (Wildman–Crippen LogP) is 5.96. The predicted molar refractivity (Wildman–Crippen MR) is 114 cm³/mol. The van der Waals surface area contributed by atoms with Crippen LogP contribution in [0, 0.1) is 10.1 Å². The normalized spacial score (nSPS) is 13.8. The van der Waals surface area contributed by atoms with E-state index in [-0.39, 0.29) is 11.7 Å². The molecule has 1 rings (SSSR count). The van der Waals surface area contributed by atoms with E-state index < -0.39 is 4.92 Å². The summed E-state index contributed by atoms with van der Waals surface area (Å²) in [6, 6.07) is 6.45. The lowest BCUT2D eigenvalue weighted by molar-refractivity contribution is -0.384. The van der Waals surface area contributed by atoms with Gasteiger partial charge in [-0.05, 0) is 52.3 Å². The highest BCUT2D eigenvalue weighted by Gasteiger charge is 2.02. The zero-order valence-electron chi connectivity index (χ0n) is 17.1. The van der Waals surface area contributed by atoms with Crippen molar-refractivity contribution >= 4 is 17.7 Å². The second-order valence-corrected chi connectivity index (χ2v) is 6.49. The summed E-state index contributed by atoms with van der Waals surface area (Å²) in [5.74, 6) is -0.347. The van der Waals surface area contributed by atoms with Crippen molar-refractivity contribution in [2.24, 2.45) is 0 Å². The van der Waals surface area contributed by atoms with Crippen LogP contribution in [0.25, 0.3) is 6.08 Å². The molecule has 5 heteroatoms. The number of non-ortho nitro benzene ring substituents is 1. The fourth-order valence-electron chi connectivity index (χ4n) is 2.60. The van der Waals surface area contributed by atoms with E-state index in [1.54, 1.807) is 25.1 Å². The number of benzene rings is 1. The van der Waals surface area contributed by atoms with E-state index in [9.17, 15) is 14.9 Å². The van der Waals surface area contributed by atoms with Gasteiger partial charge < -0.3 is 4.74 Å². The number of rotatable bonds is 8. The van der Waals surface area contributed by atoms with Crippen molar-refractivity contribution in [3.8, 4) is 0 Å². The Balaban J connectivity index is 2.83. The van der Waals surface area contributed by atoms with Gasteiger partial charge in [0.2, 0.25) is 0 Å². The lowest BCUT2D eigenvalue weighted by Gasteiger charge is -2.00. The van der Waals surface area contributed by atoms with Gasteiger partial charge in [0, 0.05) is 18.2 Å². The van der Waals surface area contributed by atoms with Gasteiger partial charge in [-0.25, -0.2) is 4.79 Å². The first-order valence-corrected chi connectivity index (χ1v) is 9.03. The number of allylic oxidation sites excluding steroid dienone is 8. The molecule has 0 N–H and O–H groups in total. The van der Waals surface area contributed by atoms with Crippen LogP contribution in [0.15, 0.2) is 76.9 Å². The quantitative estimate of drug-likeness (QED) is 0.183. The third kappa shape index (κ3) is 8.94. The molecule has 0 aliphatic carbocycles. The Morgan fingerprint density at radius 3 is 2.00 bits per heavy atom. The van der Waals surface area contributed by atoms with Crippen LogP contribution < -0.4 is 0 Å². The fraction of sp³-hybridized carbons (Fsp3) is 0.261. The van der Waals surface area contributed by atoms with Crippen molar-refractivity contribution in [3.63, 3.8) is 0 Å². The molecule has 0 fully saturated rings. The van der Waals surface area contributed by atoms with E-state index in [0.717, 1.165) is 27.9 Å². The zero-order valence-corrected chi connectivity index (χ0v) is 17.1. The van der Waals surface area contributed by atoms with Gasteiger partial charge in [0.25, 0.3) is 5.69 Å². The molecule has 0 aromatic heterocycles. The molecule has 0 bridgehead atoms. The van der Waals surface area contributed by atoms with Crippen molar-refractivity contribution in [2.75, 3.05) is 6.61 Å². The number of esters is 1. The van der Waals surface area contributed by atoms with Crippen molar-refractivity contribution in [2.45, 2.75) is 34.6 Å². The molecule has 0 aliphatic heterocycles. The SMILES string of the molecule is CCOC(=O)/C=C/C(C)=C/C(C)=C/C(C)=C/C(C)=C/c1ccc([N+](=O)[O-])cc1. The maximum absolute atomic E-state index is 11.3. The van der Waals surface area contributed by atoms with Crippen LogP contribution in [-0.4, -0.2) is 17.5 Å². The molecule has 0 unspecified atom stereocenters. The molecule has 148 valence electrons. The highest BCUT2D eigenvalue weighted by atomic mass is 16.6. The summed E-state index contributed by atoms with van der Waals surface area (Å²) < 4.78 is 4.86. The van der Waals surface area contributed by atoms with E-state index in [1.165, 1.54) is 18.2 Å². The largest absolute Gasteiger partial charge is 0.463 e. The average Bonchev–Trinajstić information content (AvgIpc) is 2.60. The number of carbonyl (C=O) groups is 1. The molecule has 0 spiro atoms. The molecular weight excluding hydrogens is 354 g/mol. The summed E-state index contributed by atoms with van der Waals surface area (Å²) in [6.45, 7) is 10.0. The smallest absolute Gasteiger partial charge is 0.330 e. The van der Waals surface area contributed by atoms with Crippen LogP contribution in [0.3, 0.4) is 0 Å². The third-order valence-electron chi connectivity index (χ3n) is 3.63. The van der Waals surface area contributed by atoms with Crippen molar-refractivity contribution < 1.29 is 14.5 Å². The standard InChI is InChI=1S/C23H27NO4/c1-6-28-23(25)12-7-17(2)13-18(3)14-19(4)15-20(5)16-21-8-10-22(11-9-21)24(26)27/h7-16H,6H2,1-5H3/b12-7+,17-13+,18-14+,19-15+,20-16+. The molecule has 0 saturated carbocycles. The summed E-state index contributed by atoms with van der Waals surface area (Å²) >= 11 is 0. The summed E-state index contributed by atoms with van der Waals surface area (Å²) in [6.07, 6.45) is 11.2. The molecule has 28 heavy (non-hydrogen) atoms. The minimum Gasteiger partial charge on any atom is -0.463 e. The van der Waals surface area contributed by atoms with Crippen LogP contribution in [0.2, 0.25) is 0 Å². The summed E-state index contributed by atoms with van der Waals surface area (Å²) in [5.41, 5.74) is 5.12. The van der Waals surface area contributed by atoms with Crippen molar-refractivity contribution in [1.29, 1.82) is 0 Å². The van der Waals surface area contributed by atoms with Crippen LogP contribution in [0.4, 0.5) is 5.69 Å². The zero-order chi connectivity index (χ0) is 21.1. The summed E-state index contributed by atoms with van der Waals surface area (Å²) in [4.78, 5) is 21.6. The van der Waals surface area contributed by atoms with Crippen LogP contribution in [0.1, 0.15) is 40.2 Å². The molecule has 1 aromatic carbocycles. The Morgan fingerprint density at radius 2 is 1.46 bits per heavy atom. The molecular formula is C23H27NO4. The number of ether oxygens (including phenoxy) is 1. The lowest BCUT2D eigenvalue weighted by atomic mass is 10.1. The molecule has 0 atom stereocenters. The van der Waals surface area contributed by atoms with E-state index in [2.05, 4.69) is 6.08 Å². The van der Waals surface area contributed by atoms with Gasteiger partial charge in [-0.15, -0.1) is 0 Å². The first-order valence-electron chi connectivity index (χ1n) is 9.03. The summed E-state index contributed by atoms with van der Waals surface area (Å²) in [7, 11) is 0. The van der Waals surface area contributed by atoms with Gasteiger partial charge >= 0.3 is 5.97 Å². The Labute approximate surface area is 166 Å². The number of nitro groups is 1. The average molecular weight is 381 g/mol. The van der Waals surface area contributed by atoms with Gasteiger partial charge in [0.15, 0.2) is 0 Å². The minimum atomic E-state index is -0.407. The number of nitrogens with zero attached hydrogens (tertiary/aromatic N) is 1. The maximum atomic E-state index is 11.3. The molecule has 0 radical (unpaired) electrons. The molecule has 0 aliphatic rings. The molecule has 1 aromatic rings. The van der Waals surface area contributed by atoms with Crippen LogP contribution in [-0.2, 0) is 9.53 Å². The molecule has 0 heterocycles. The molecule has 0 amide bonds.